The van der Waals surface area contributed by atoms with Gasteiger partial charge in [0.1, 0.15) is 0 Å². The molecule has 3 aliphatic rings. The Kier molecular flexibility index (Phi) is 7.29. The molecule has 3 unspecified atom stereocenters. The molecule has 0 aromatic rings. The number of fused-ring (bicyclic) bond motifs is 1. The molecule has 1 nitrogen and oxygen atoms in total. The van der Waals surface area contributed by atoms with Crippen LogP contribution >= 0.6 is 0 Å². The number of rotatable bonds is 6. The van der Waals surface area contributed by atoms with Gasteiger partial charge in [-0.15, -0.1) is 0 Å². The molecule has 0 aromatic heterocycles. The van der Waals surface area contributed by atoms with Gasteiger partial charge in [-0.1, -0.05) is 76.8 Å². The Balaban J connectivity index is 1.70. The lowest BCUT2D eigenvalue weighted by atomic mass is 9.60. The second-order valence-corrected chi connectivity index (χ2v) is 10.8. The molecular formula is C27H44O. The number of hydrogen-bond acceptors (Lipinski definition) is 1. The normalized spacial score (nSPS) is 37.6. The van der Waals surface area contributed by atoms with Crippen molar-refractivity contribution in [2.45, 2.75) is 104 Å². The van der Waals surface area contributed by atoms with Gasteiger partial charge >= 0.3 is 0 Å². The van der Waals surface area contributed by atoms with Crippen molar-refractivity contribution in [3.63, 3.8) is 0 Å². The van der Waals surface area contributed by atoms with Gasteiger partial charge in [0.25, 0.3) is 0 Å². The molecule has 158 valence electrons. The molecule has 5 atom stereocenters. The second kappa shape index (κ2) is 9.33. The van der Waals surface area contributed by atoms with E-state index in [2.05, 4.69) is 46.4 Å². The summed E-state index contributed by atoms with van der Waals surface area (Å²) in [6.45, 7) is 14.1. The van der Waals surface area contributed by atoms with Crippen molar-refractivity contribution in [3.8, 4) is 0 Å². The third kappa shape index (κ3) is 4.84. The van der Waals surface area contributed by atoms with Crippen LogP contribution in [0.1, 0.15) is 98.3 Å². The fourth-order valence-corrected chi connectivity index (χ4v) is 6.66. The summed E-state index contributed by atoms with van der Waals surface area (Å²) in [6, 6.07) is 0. The molecule has 0 spiro atoms. The Hall–Kier alpha value is -0.820. The van der Waals surface area contributed by atoms with E-state index >= 15 is 0 Å². The van der Waals surface area contributed by atoms with E-state index in [1.165, 1.54) is 62.5 Å². The van der Waals surface area contributed by atoms with Crippen LogP contribution in [0.3, 0.4) is 0 Å². The van der Waals surface area contributed by atoms with Crippen LogP contribution in [0.4, 0.5) is 0 Å². The van der Waals surface area contributed by atoms with E-state index < -0.39 is 0 Å². The highest BCUT2D eigenvalue weighted by Crippen LogP contribution is 2.59. The minimum Gasteiger partial charge on any atom is -0.393 e. The largest absolute Gasteiger partial charge is 0.393 e. The Labute approximate surface area is 174 Å². The molecule has 0 bridgehead atoms. The molecular weight excluding hydrogens is 340 g/mol. The average molecular weight is 385 g/mol. The Morgan fingerprint density at radius 3 is 2.64 bits per heavy atom. The number of hydrogen-bond donors (Lipinski definition) is 1. The molecule has 3 aliphatic carbocycles. The SMILES string of the molecule is C=C1CCC(O)CC1=CC=C1CCC[C@]2(C)C(C(C)CCCC(C)C)CC[C@@H]12. The first-order valence-corrected chi connectivity index (χ1v) is 12.1. The summed E-state index contributed by atoms with van der Waals surface area (Å²) in [5, 5.41) is 10.0. The lowest BCUT2D eigenvalue weighted by Crippen LogP contribution is -2.36. The van der Waals surface area contributed by atoms with Gasteiger partial charge in [0.15, 0.2) is 0 Å². The molecule has 3 rings (SSSR count). The van der Waals surface area contributed by atoms with Crippen molar-refractivity contribution in [2.24, 2.45) is 29.1 Å². The molecule has 3 fully saturated rings. The van der Waals surface area contributed by atoms with Crippen LogP contribution in [-0.2, 0) is 0 Å². The van der Waals surface area contributed by atoms with Crippen molar-refractivity contribution in [3.05, 3.63) is 35.5 Å². The van der Waals surface area contributed by atoms with Crippen LogP contribution in [-0.4, -0.2) is 11.2 Å². The first-order valence-electron chi connectivity index (χ1n) is 12.1. The molecule has 0 radical (unpaired) electrons. The van der Waals surface area contributed by atoms with E-state index in [-0.39, 0.29) is 6.10 Å². The predicted molar refractivity (Wildman–Crippen MR) is 121 cm³/mol. The minimum absolute atomic E-state index is 0.172. The van der Waals surface area contributed by atoms with Crippen LogP contribution in [0.15, 0.2) is 35.5 Å². The molecule has 28 heavy (non-hydrogen) atoms. The van der Waals surface area contributed by atoms with Crippen LogP contribution in [0.2, 0.25) is 0 Å². The smallest absolute Gasteiger partial charge is 0.0583 e. The summed E-state index contributed by atoms with van der Waals surface area (Å²) in [5.74, 6) is 3.37. The predicted octanol–water partition coefficient (Wildman–Crippen LogP) is 7.62. The lowest BCUT2D eigenvalue weighted by Gasteiger charge is -2.44. The maximum absolute atomic E-state index is 10.0. The summed E-state index contributed by atoms with van der Waals surface area (Å²) in [5.41, 5.74) is 4.72. The van der Waals surface area contributed by atoms with Gasteiger partial charge in [-0.2, -0.15) is 0 Å². The maximum Gasteiger partial charge on any atom is 0.0583 e. The molecule has 3 saturated carbocycles. The van der Waals surface area contributed by atoms with E-state index in [9.17, 15) is 5.11 Å². The van der Waals surface area contributed by atoms with Gasteiger partial charge in [0.05, 0.1) is 6.10 Å². The van der Waals surface area contributed by atoms with Gasteiger partial charge in [0.2, 0.25) is 0 Å². The highest BCUT2D eigenvalue weighted by molar-refractivity contribution is 5.36. The van der Waals surface area contributed by atoms with Crippen LogP contribution in [0, 0.1) is 29.1 Å². The fraction of sp³-hybridized carbons (Fsp3) is 0.778. The average Bonchev–Trinajstić information content (AvgIpc) is 2.99. The monoisotopic (exact) mass is 384 g/mol. The first-order chi connectivity index (χ1) is 13.3. The second-order valence-electron chi connectivity index (χ2n) is 10.8. The quantitative estimate of drug-likeness (QED) is 0.499. The fourth-order valence-electron chi connectivity index (χ4n) is 6.66. The molecule has 0 amide bonds. The summed E-state index contributed by atoms with van der Waals surface area (Å²) in [7, 11) is 0. The molecule has 0 heterocycles. The van der Waals surface area contributed by atoms with Gasteiger partial charge < -0.3 is 5.11 Å². The van der Waals surface area contributed by atoms with Crippen molar-refractivity contribution in [2.75, 3.05) is 0 Å². The van der Waals surface area contributed by atoms with E-state index in [0.717, 1.165) is 42.9 Å². The first kappa shape index (κ1) is 21.9. The molecule has 0 saturated heterocycles. The highest BCUT2D eigenvalue weighted by Gasteiger charge is 2.50. The van der Waals surface area contributed by atoms with E-state index in [4.69, 9.17) is 0 Å². The zero-order valence-electron chi connectivity index (χ0n) is 19.0. The van der Waals surface area contributed by atoms with Crippen LogP contribution < -0.4 is 0 Å². The van der Waals surface area contributed by atoms with Crippen molar-refractivity contribution in [1.29, 1.82) is 0 Å². The zero-order chi connectivity index (χ0) is 20.3. The standard InChI is InChI=1S/C27H44O/c1-19(2)8-6-9-21(4)25-15-16-26-22(10-7-17-27(25,26)5)12-13-23-18-24(28)14-11-20(23)3/h12-13,19,21,24-26,28H,3,6-11,14-18H2,1-2,4-5H3/t21?,24?,25?,26-,27+/m0/s1. The lowest BCUT2D eigenvalue weighted by molar-refractivity contribution is 0.0929. The maximum atomic E-state index is 10.0. The third-order valence-corrected chi connectivity index (χ3v) is 8.35. The zero-order valence-corrected chi connectivity index (χ0v) is 19.0. The minimum atomic E-state index is -0.172. The van der Waals surface area contributed by atoms with Gasteiger partial charge in [0, 0.05) is 0 Å². The third-order valence-electron chi connectivity index (χ3n) is 8.35. The van der Waals surface area contributed by atoms with Crippen molar-refractivity contribution < 1.29 is 5.11 Å². The molecule has 1 heteroatoms. The summed E-state index contributed by atoms with van der Waals surface area (Å²) in [6.07, 6.45) is 18.2. The summed E-state index contributed by atoms with van der Waals surface area (Å²) in [4.78, 5) is 0. The molecule has 1 N–H and O–H groups in total. The number of aliphatic hydroxyl groups excluding tert-OH is 1. The van der Waals surface area contributed by atoms with Crippen LogP contribution in [0.5, 0.6) is 0 Å². The number of allylic oxidation sites excluding steroid dienone is 4. The Bertz CT molecular complexity index is 610. The topological polar surface area (TPSA) is 20.2 Å². The van der Waals surface area contributed by atoms with E-state index in [1.54, 1.807) is 5.57 Å². The molecule has 0 aromatic carbocycles. The van der Waals surface area contributed by atoms with Crippen molar-refractivity contribution >= 4 is 0 Å². The summed E-state index contributed by atoms with van der Waals surface area (Å²) >= 11 is 0. The Morgan fingerprint density at radius 1 is 1.11 bits per heavy atom. The van der Waals surface area contributed by atoms with Gasteiger partial charge in [-0.3, -0.25) is 0 Å². The Morgan fingerprint density at radius 2 is 1.89 bits per heavy atom. The number of aliphatic hydroxyl groups is 1. The highest BCUT2D eigenvalue weighted by atomic mass is 16.3. The van der Waals surface area contributed by atoms with Gasteiger partial charge in [-0.05, 0) is 86.0 Å². The summed E-state index contributed by atoms with van der Waals surface area (Å²) < 4.78 is 0. The molecule has 0 aliphatic heterocycles. The van der Waals surface area contributed by atoms with Crippen molar-refractivity contribution in [1.82, 2.24) is 0 Å². The van der Waals surface area contributed by atoms with Crippen LogP contribution in [0.25, 0.3) is 0 Å². The van der Waals surface area contributed by atoms with E-state index in [0.29, 0.717) is 5.41 Å². The van der Waals surface area contributed by atoms with E-state index in [1.807, 2.05) is 0 Å². The van der Waals surface area contributed by atoms with Gasteiger partial charge in [-0.25, -0.2) is 0 Å².